The van der Waals surface area contributed by atoms with Crippen LogP contribution >= 0.6 is 43.6 Å². The molecule has 0 fully saturated rings. The smallest absolute Gasteiger partial charge is 0.268 e. The average Bonchev–Trinajstić information content (AvgIpc) is 2.69. The summed E-state index contributed by atoms with van der Waals surface area (Å²) < 4.78 is 23.8. The SMILES string of the molecule is CCCCCCC(=O)S[C@@H](COP(=O)([O-])OCC[N+](C)(C)C)CSC(=S)CCCCCC. The summed E-state index contributed by atoms with van der Waals surface area (Å²) in [5.74, 6) is 0.552. The summed E-state index contributed by atoms with van der Waals surface area (Å²) in [5, 5.41) is -0.201. The lowest BCUT2D eigenvalue weighted by Crippen LogP contribution is -2.37. The molecule has 6 nitrogen and oxygen atoms in total. The second-order valence-electron chi connectivity index (χ2n) is 9.01. The van der Waals surface area contributed by atoms with E-state index in [1.165, 1.54) is 42.8 Å². The van der Waals surface area contributed by atoms with Gasteiger partial charge >= 0.3 is 0 Å². The Labute approximate surface area is 210 Å². The highest BCUT2D eigenvalue weighted by Gasteiger charge is 2.20. The molecule has 0 rings (SSSR count). The van der Waals surface area contributed by atoms with Gasteiger partial charge in [0.15, 0.2) is 5.12 Å². The van der Waals surface area contributed by atoms with Crippen molar-refractivity contribution in [1.29, 1.82) is 0 Å². The highest BCUT2D eigenvalue weighted by Crippen LogP contribution is 2.39. The van der Waals surface area contributed by atoms with Crippen molar-refractivity contribution in [2.75, 3.05) is 46.7 Å². The normalized spacial score (nSPS) is 14.8. The molecule has 1 unspecified atom stereocenters. The third-order valence-corrected chi connectivity index (χ3v) is 8.56. The maximum atomic E-state index is 12.4. The van der Waals surface area contributed by atoms with Gasteiger partial charge in [-0.25, -0.2) is 0 Å². The number of quaternary nitrogens is 1. The monoisotopic (exact) mass is 529 g/mol. The van der Waals surface area contributed by atoms with Gasteiger partial charge in [-0.05, 0) is 19.3 Å². The van der Waals surface area contributed by atoms with E-state index in [-0.39, 0.29) is 23.6 Å². The molecule has 0 bridgehead atoms. The molecule has 32 heavy (non-hydrogen) atoms. The fourth-order valence-corrected chi connectivity index (χ4v) is 5.84. The molecule has 0 aliphatic carbocycles. The number of thioether (sulfide) groups is 2. The van der Waals surface area contributed by atoms with E-state index in [1.54, 1.807) is 0 Å². The van der Waals surface area contributed by atoms with E-state index in [1.807, 2.05) is 21.1 Å². The minimum absolute atomic E-state index is 0.0645. The molecule has 0 radical (unpaired) electrons. The third-order valence-electron chi connectivity index (χ3n) is 4.63. The van der Waals surface area contributed by atoms with Crippen LogP contribution in [0.25, 0.3) is 0 Å². The molecule has 0 heterocycles. The lowest BCUT2D eigenvalue weighted by molar-refractivity contribution is -0.870. The number of nitrogens with zero attached hydrogens (tertiary/aromatic N) is 1. The Bertz CT molecular complexity index is 572. The van der Waals surface area contributed by atoms with Crippen LogP contribution < -0.4 is 4.89 Å². The molecule has 0 N–H and O–H groups in total. The van der Waals surface area contributed by atoms with E-state index < -0.39 is 7.82 Å². The number of hydrogen-bond acceptors (Lipinski definition) is 8. The standard InChI is InChI=1S/C22H44NO5PS3/c1-6-8-10-12-14-21(24)32-20(19-31-22(30)15-13-11-9-7-2)18-28-29(25,26)27-17-16-23(3,4)5/h20H,6-19H2,1-5H3/t20-/m0/s1. The number of hydrogen-bond donors (Lipinski definition) is 0. The van der Waals surface area contributed by atoms with Crippen LogP contribution in [0, 0.1) is 0 Å². The highest BCUT2D eigenvalue weighted by atomic mass is 32.2. The molecule has 0 amide bonds. The van der Waals surface area contributed by atoms with Crippen LogP contribution in [0.15, 0.2) is 0 Å². The first kappa shape index (κ1) is 32.5. The Balaban J connectivity index is 4.63. The van der Waals surface area contributed by atoms with E-state index in [4.69, 9.17) is 21.3 Å². The Kier molecular flexibility index (Phi) is 19.1. The van der Waals surface area contributed by atoms with Gasteiger partial charge in [0, 0.05) is 21.6 Å². The van der Waals surface area contributed by atoms with Crippen LogP contribution in [-0.2, 0) is 18.4 Å². The molecule has 0 aliphatic rings. The fraction of sp³-hybridized carbons (Fsp3) is 0.909. The number of phosphoric acid groups is 1. The predicted octanol–water partition coefficient (Wildman–Crippen LogP) is 5.82. The largest absolute Gasteiger partial charge is 0.756 e. The Morgan fingerprint density at radius 1 is 1.00 bits per heavy atom. The molecule has 0 aromatic rings. The maximum absolute atomic E-state index is 12.4. The second-order valence-corrected chi connectivity index (χ2v) is 13.6. The maximum Gasteiger partial charge on any atom is 0.268 e. The molecular formula is C22H44NO5PS3. The Hall–Kier alpha value is 0.530. The number of carbonyl (C=O) groups is 1. The molecule has 0 saturated heterocycles. The van der Waals surface area contributed by atoms with Crippen molar-refractivity contribution in [3.8, 4) is 0 Å². The number of phosphoric ester groups is 1. The zero-order valence-corrected chi connectivity index (χ0v) is 24.0. The van der Waals surface area contributed by atoms with Gasteiger partial charge in [0.05, 0.1) is 27.7 Å². The second kappa shape index (κ2) is 18.8. The van der Waals surface area contributed by atoms with Gasteiger partial charge in [0.25, 0.3) is 7.82 Å². The third kappa shape index (κ3) is 21.1. The van der Waals surface area contributed by atoms with Gasteiger partial charge in [-0.3, -0.25) is 9.36 Å². The molecule has 2 atom stereocenters. The van der Waals surface area contributed by atoms with Crippen molar-refractivity contribution in [3.63, 3.8) is 0 Å². The van der Waals surface area contributed by atoms with Crippen molar-refractivity contribution in [1.82, 2.24) is 0 Å². The van der Waals surface area contributed by atoms with Gasteiger partial charge in [0.1, 0.15) is 13.2 Å². The van der Waals surface area contributed by atoms with Gasteiger partial charge < -0.3 is 18.4 Å². The van der Waals surface area contributed by atoms with E-state index in [0.717, 1.165) is 42.7 Å². The van der Waals surface area contributed by atoms with Crippen molar-refractivity contribution in [2.45, 2.75) is 83.3 Å². The molecule has 0 aliphatic heterocycles. The lowest BCUT2D eigenvalue weighted by atomic mass is 10.2. The molecule has 0 saturated carbocycles. The van der Waals surface area contributed by atoms with Gasteiger partial charge in [-0.1, -0.05) is 76.4 Å². The van der Waals surface area contributed by atoms with E-state index in [9.17, 15) is 14.3 Å². The summed E-state index contributed by atoms with van der Waals surface area (Å²) in [6, 6.07) is 0. The molecular weight excluding hydrogens is 485 g/mol. The number of thiocarbonyl (C=S) groups is 1. The Morgan fingerprint density at radius 2 is 1.59 bits per heavy atom. The number of unbranched alkanes of at least 4 members (excludes halogenated alkanes) is 6. The van der Waals surface area contributed by atoms with Crippen LogP contribution in [-0.4, -0.2) is 65.7 Å². The van der Waals surface area contributed by atoms with Crippen LogP contribution in [0.5, 0.6) is 0 Å². The van der Waals surface area contributed by atoms with Crippen molar-refractivity contribution >= 4 is 52.9 Å². The molecule has 0 aromatic carbocycles. The fourth-order valence-electron chi connectivity index (χ4n) is 2.65. The zero-order valence-electron chi connectivity index (χ0n) is 20.6. The van der Waals surface area contributed by atoms with Crippen LogP contribution in [0.4, 0.5) is 0 Å². The number of likely N-dealkylation sites (N-methyl/N-ethyl adjacent to an activating group) is 1. The van der Waals surface area contributed by atoms with Crippen molar-refractivity contribution in [2.24, 2.45) is 0 Å². The average molecular weight is 530 g/mol. The van der Waals surface area contributed by atoms with Crippen LogP contribution in [0.2, 0.25) is 0 Å². The summed E-state index contributed by atoms with van der Waals surface area (Å²) >= 11 is 8.18. The van der Waals surface area contributed by atoms with Gasteiger partial charge in [-0.2, -0.15) is 0 Å². The van der Waals surface area contributed by atoms with Crippen molar-refractivity contribution in [3.05, 3.63) is 0 Å². The predicted molar refractivity (Wildman–Crippen MR) is 141 cm³/mol. The summed E-state index contributed by atoms with van der Waals surface area (Å²) in [6.45, 7) is 4.84. The van der Waals surface area contributed by atoms with Gasteiger partial charge in [-0.15, -0.1) is 11.8 Å². The van der Waals surface area contributed by atoms with Crippen molar-refractivity contribution < 1.29 is 27.8 Å². The minimum Gasteiger partial charge on any atom is -0.756 e. The first-order chi connectivity index (χ1) is 15.0. The van der Waals surface area contributed by atoms with E-state index in [0.29, 0.717) is 23.2 Å². The van der Waals surface area contributed by atoms with E-state index >= 15 is 0 Å². The summed E-state index contributed by atoms with van der Waals surface area (Å²) in [4.78, 5) is 24.5. The lowest BCUT2D eigenvalue weighted by Gasteiger charge is -2.28. The van der Waals surface area contributed by atoms with Gasteiger partial charge in [0.2, 0.25) is 0 Å². The number of rotatable bonds is 20. The van der Waals surface area contributed by atoms with Crippen LogP contribution in [0.3, 0.4) is 0 Å². The summed E-state index contributed by atoms with van der Waals surface area (Å²) in [6.07, 6.45) is 10.1. The topological polar surface area (TPSA) is 75.7 Å². The molecule has 10 heteroatoms. The van der Waals surface area contributed by atoms with Crippen LogP contribution in [0.1, 0.15) is 78.1 Å². The first-order valence-corrected chi connectivity index (χ1v) is 15.5. The summed E-state index contributed by atoms with van der Waals surface area (Å²) in [5.41, 5.74) is 0. The first-order valence-electron chi connectivity index (χ1n) is 11.7. The molecule has 0 aromatic heterocycles. The Morgan fingerprint density at radius 3 is 2.16 bits per heavy atom. The zero-order chi connectivity index (χ0) is 24.5. The number of carbonyl (C=O) groups excluding carboxylic acids is 1. The van der Waals surface area contributed by atoms with E-state index in [2.05, 4.69) is 13.8 Å². The molecule has 190 valence electrons. The highest BCUT2D eigenvalue weighted by molar-refractivity contribution is 8.24. The quantitative estimate of drug-likeness (QED) is 0.0845. The summed E-state index contributed by atoms with van der Waals surface area (Å²) in [7, 11) is 1.47. The molecule has 0 spiro atoms. The minimum atomic E-state index is -4.41.